The molecule has 0 spiro atoms. The van der Waals surface area contributed by atoms with Crippen LogP contribution in [0, 0.1) is 11.8 Å². The lowest BCUT2D eigenvalue weighted by molar-refractivity contribution is 0.113. The van der Waals surface area contributed by atoms with Crippen LogP contribution < -0.4 is 0 Å². The zero-order valence-corrected chi connectivity index (χ0v) is 13.5. The average Bonchev–Trinajstić information content (AvgIpc) is 2.34. The molecule has 0 rings (SSSR count). The molecular weight excluding hydrogens is 248 g/mol. The number of hydrogen-bond acceptors (Lipinski definition) is 2. The van der Waals surface area contributed by atoms with Crippen molar-refractivity contribution >= 4 is 0 Å². The van der Waals surface area contributed by atoms with E-state index in [4.69, 9.17) is 4.74 Å². The van der Waals surface area contributed by atoms with Crippen LogP contribution in [-0.4, -0.2) is 17.8 Å². The molecule has 0 fully saturated rings. The zero-order valence-electron chi connectivity index (χ0n) is 13.5. The molecule has 0 aromatic heterocycles. The monoisotopic (exact) mass is 276 g/mol. The van der Waals surface area contributed by atoms with Gasteiger partial charge in [0, 0.05) is 6.08 Å². The second-order valence-electron chi connectivity index (χ2n) is 5.49. The van der Waals surface area contributed by atoms with Crippen molar-refractivity contribution in [3.63, 3.8) is 0 Å². The van der Waals surface area contributed by atoms with Gasteiger partial charge in [0.05, 0.1) is 13.4 Å². The third kappa shape index (κ3) is 11.6. The third-order valence-electron chi connectivity index (χ3n) is 2.84. The first-order chi connectivity index (χ1) is 9.37. The lowest BCUT2D eigenvalue weighted by Crippen LogP contribution is -2.20. The average molecular weight is 276 g/mol. The molecule has 0 aromatic carbocycles. The van der Waals surface area contributed by atoms with Crippen LogP contribution in [0.25, 0.3) is 0 Å². The molecule has 0 saturated carbocycles. The Hall–Kier alpha value is -1.46. The van der Waals surface area contributed by atoms with E-state index in [1.807, 2.05) is 0 Å². The van der Waals surface area contributed by atoms with Crippen LogP contribution in [0.15, 0.2) is 35.6 Å². The first kappa shape index (κ1) is 18.5. The molecule has 1 unspecified atom stereocenters. The minimum atomic E-state index is -0.950. The van der Waals surface area contributed by atoms with E-state index >= 15 is 0 Å². The van der Waals surface area contributed by atoms with Gasteiger partial charge in [-0.15, -0.1) is 0 Å². The van der Waals surface area contributed by atoms with Crippen molar-refractivity contribution in [2.24, 2.45) is 0 Å². The summed E-state index contributed by atoms with van der Waals surface area (Å²) in [5.74, 6) is 5.60. The Morgan fingerprint density at radius 3 is 2.50 bits per heavy atom. The lowest BCUT2D eigenvalue weighted by Gasteiger charge is -2.14. The summed E-state index contributed by atoms with van der Waals surface area (Å²) in [6.07, 6.45) is 11.2. The Bertz CT molecular complexity index is 410. The highest BCUT2D eigenvalue weighted by molar-refractivity contribution is 5.20. The molecule has 0 amide bonds. The second-order valence-corrected chi connectivity index (χ2v) is 5.49. The third-order valence-corrected chi connectivity index (χ3v) is 2.84. The molecule has 2 heteroatoms. The smallest absolute Gasteiger partial charge is 0.123 e. The van der Waals surface area contributed by atoms with Gasteiger partial charge in [0.15, 0.2) is 0 Å². The zero-order chi connectivity index (χ0) is 15.4. The number of allylic oxidation sites excluding steroid dienone is 5. The van der Waals surface area contributed by atoms with Crippen molar-refractivity contribution < 1.29 is 9.84 Å². The summed E-state index contributed by atoms with van der Waals surface area (Å²) in [5.41, 5.74) is 1.78. The molecule has 0 radical (unpaired) electrons. The van der Waals surface area contributed by atoms with Crippen LogP contribution in [0.4, 0.5) is 0 Å². The molecule has 2 nitrogen and oxygen atoms in total. The largest absolute Gasteiger partial charge is 0.504 e. The van der Waals surface area contributed by atoms with Crippen LogP contribution in [0.3, 0.4) is 0 Å². The Morgan fingerprint density at radius 2 is 1.90 bits per heavy atom. The van der Waals surface area contributed by atoms with Gasteiger partial charge in [-0.1, -0.05) is 35.1 Å². The maximum Gasteiger partial charge on any atom is 0.123 e. The number of rotatable bonds is 7. The molecule has 0 aliphatic rings. The number of aliphatic hydroxyl groups is 1. The van der Waals surface area contributed by atoms with Crippen molar-refractivity contribution in [2.45, 2.75) is 59.0 Å². The summed E-state index contributed by atoms with van der Waals surface area (Å²) in [4.78, 5) is 0. The fourth-order valence-corrected chi connectivity index (χ4v) is 1.65. The normalized spacial score (nSPS) is 14.4. The molecule has 0 aliphatic carbocycles. The first-order valence-corrected chi connectivity index (χ1v) is 7.09. The Kier molecular flexibility index (Phi) is 9.59. The predicted molar refractivity (Wildman–Crippen MR) is 86.2 cm³/mol. The highest BCUT2D eigenvalue weighted by Gasteiger charge is 2.14. The van der Waals surface area contributed by atoms with E-state index in [9.17, 15) is 5.11 Å². The van der Waals surface area contributed by atoms with Gasteiger partial charge in [-0.2, -0.15) is 0 Å². The van der Waals surface area contributed by atoms with E-state index in [0.717, 1.165) is 19.3 Å². The summed E-state index contributed by atoms with van der Waals surface area (Å²) in [6.45, 7) is 8.12. The van der Waals surface area contributed by atoms with Crippen LogP contribution in [0.2, 0.25) is 0 Å². The van der Waals surface area contributed by atoms with Gasteiger partial charge in [-0.25, -0.2) is 0 Å². The SMILES string of the molecule is COC=CC#CC(C)(O)CCC=C(C)CCC=C(C)C. The quantitative estimate of drug-likeness (QED) is 0.425. The van der Waals surface area contributed by atoms with Gasteiger partial charge < -0.3 is 9.84 Å². The molecule has 0 aromatic rings. The van der Waals surface area contributed by atoms with Gasteiger partial charge in [0.1, 0.15) is 5.60 Å². The highest BCUT2D eigenvalue weighted by atomic mass is 16.5. The minimum Gasteiger partial charge on any atom is -0.504 e. The molecule has 112 valence electrons. The summed E-state index contributed by atoms with van der Waals surface area (Å²) in [6, 6.07) is 0. The molecule has 0 bridgehead atoms. The number of methoxy groups -OCH3 is 1. The maximum atomic E-state index is 10.1. The first-order valence-electron chi connectivity index (χ1n) is 7.09. The molecule has 20 heavy (non-hydrogen) atoms. The van der Waals surface area contributed by atoms with Gasteiger partial charge in [0.2, 0.25) is 0 Å². The van der Waals surface area contributed by atoms with Crippen molar-refractivity contribution in [3.8, 4) is 11.8 Å². The molecule has 0 saturated heterocycles. The fourth-order valence-electron chi connectivity index (χ4n) is 1.65. The van der Waals surface area contributed by atoms with Crippen molar-refractivity contribution in [2.75, 3.05) is 7.11 Å². The second kappa shape index (κ2) is 10.3. The molecule has 0 heterocycles. The summed E-state index contributed by atoms with van der Waals surface area (Å²) < 4.78 is 4.74. The van der Waals surface area contributed by atoms with Gasteiger partial charge >= 0.3 is 0 Å². The molecular formula is C18H28O2. The van der Waals surface area contributed by atoms with Crippen LogP contribution in [-0.2, 0) is 4.74 Å². The molecule has 1 N–H and O–H groups in total. The van der Waals surface area contributed by atoms with Crippen molar-refractivity contribution in [1.29, 1.82) is 0 Å². The van der Waals surface area contributed by atoms with E-state index < -0.39 is 5.60 Å². The van der Waals surface area contributed by atoms with Gasteiger partial charge in [0.25, 0.3) is 0 Å². The lowest BCUT2D eigenvalue weighted by atomic mass is 9.99. The van der Waals surface area contributed by atoms with Gasteiger partial charge in [-0.05, 0) is 53.4 Å². The molecule has 1 atom stereocenters. The van der Waals surface area contributed by atoms with E-state index in [-0.39, 0.29) is 0 Å². The number of hydrogen-bond donors (Lipinski definition) is 1. The van der Waals surface area contributed by atoms with E-state index in [1.54, 1.807) is 20.1 Å². The molecule has 0 aliphatic heterocycles. The van der Waals surface area contributed by atoms with Crippen LogP contribution in [0.5, 0.6) is 0 Å². The van der Waals surface area contributed by atoms with E-state index in [0.29, 0.717) is 6.42 Å². The Labute approximate surface area is 124 Å². The van der Waals surface area contributed by atoms with E-state index in [2.05, 4.69) is 44.8 Å². The summed E-state index contributed by atoms with van der Waals surface area (Å²) in [7, 11) is 1.57. The van der Waals surface area contributed by atoms with Crippen molar-refractivity contribution in [1.82, 2.24) is 0 Å². The van der Waals surface area contributed by atoms with Crippen LogP contribution >= 0.6 is 0 Å². The fraction of sp³-hybridized carbons (Fsp3) is 0.556. The maximum absolute atomic E-state index is 10.1. The predicted octanol–water partition coefficient (Wildman–Crippen LogP) is 4.37. The standard InChI is InChI=1S/C18H28O2/c1-16(2)10-8-11-17(3)12-9-14-18(4,19)13-6-7-15-20-5/h7,10,12,15,19H,8-9,11,14H2,1-5H3. The Balaban J connectivity index is 4.15. The minimum absolute atomic E-state index is 0.640. The van der Waals surface area contributed by atoms with E-state index in [1.165, 1.54) is 17.4 Å². The Morgan fingerprint density at radius 1 is 1.20 bits per heavy atom. The van der Waals surface area contributed by atoms with Crippen LogP contribution in [0.1, 0.15) is 53.4 Å². The van der Waals surface area contributed by atoms with Crippen molar-refractivity contribution in [3.05, 3.63) is 35.6 Å². The number of ether oxygens (including phenoxy) is 1. The topological polar surface area (TPSA) is 29.5 Å². The summed E-state index contributed by atoms with van der Waals surface area (Å²) in [5, 5.41) is 10.1. The van der Waals surface area contributed by atoms with Gasteiger partial charge in [-0.3, -0.25) is 0 Å². The summed E-state index contributed by atoms with van der Waals surface area (Å²) >= 11 is 0. The highest BCUT2D eigenvalue weighted by Crippen LogP contribution is 2.14.